The maximum absolute atomic E-state index is 11.9. The largest absolute Gasteiger partial charge is 0.456 e. The molecule has 0 amide bonds. The minimum atomic E-state index is -1.11. The zero-order valence-electron chi connectivity index (χ0n) is 13.9. The third-order valence-corrected chi connectivity index (χ3v) is 3.18. The highest BCUT2D eigenvalue weighted by atomic mass is 17.4. The lowest BCUT2D eigenvalue weighted by molar-refractivity contribution is -0.163. The maximum Gasteiger partial charge on any atom is 0.373 e. The smallest absolute Gasteiger partial charge is 0.373 e. The van der Waals surface area contributed by atoms with Crippen LogP contribution in [0.1, 0.15) is 80.1 Å². The number of hydrogen-bond acceptors (Lipinski definition) is 4. The summed E-state index contributed by atoms with van der Waals surface area (Å²) in [5.41, 5.74) is -0.105. The third-order valence-electron chi connectivity index (χ3n) is 3.18. The topological polar surface area (TPSA) is 51.4 Å². The molecule has 1 heterocycles. The van der Waals surface area contributed by atoms with Gasteiger partial charge in [0.15, 0.2) is 0 Å². The van der Waals surface area contributed by atoms with Crippen molar-refractivity contribution in [3.8, 4) is 0 Å². The predicted octanol–water partition coefficient (Wildman–Crippen LogP) is 4.37. The highest BCUT2D eigenvalue weighted by Gasteiger charge is 2.58. The zero-order chi connectivity index (χ0) is 15.4. The molecule has 0 radical (unpaired) electrons. The van der Waals surface area contributed by atoms with Gasteiger partial charge in [0.05, 0.1) is 0 Å². The van der Waals surface area contributed by atoms with E-state index in [-0.39, 0.29) is 0 Å². The lowest BCUT2D eigenvalue weighted by Crippen LogP contribution is -2.34. The molecule has 0 bridgehead atoms. The molecule has 4 heteroatoms. The molecule has 1 aliphatic rings. The lowest BCUT2D eigenvalue weighted by Gasteiger charge is -2.20. The van der Waals surface area contributed by atoms with E-state index >= 15 is 0 Å². The van der Waals surface area contributed by atoms with Crippen LogP contribution in [-0.2, 0) is 19.3 Å². The first kappa shape index (κ1) is 17.4. The number of rotatable bonds is 7. The second kappa shape index (κ2) is 6.44. The van der Waals surface area contributed by atoms with Crippen molar-refractivity contribution in [2.75, 3.05) is 0 Å². The maximum atomic E-state index is 11.9. The second-order valence-electron chi connectivity index (χ2n) is 7.90. The molecular formula is C16H30O4. The van der Waals surface area contributed by atoms with E-state index in [1.165, 1.54) is 19.3 Å². The lowest BCUT2D eigenvalue weighted by atomic mass is 9.89. The summed E-state index contributed by atoms with van der Waals surface area (Å²) in [7, 11) is 0. The molecule has 1 aliphatic heterocycles. The highest BCUT2D eigenvalue weighted by Crippen LogP contribution is 2.37. The molecule has 0 aromatic heterocycles. The molecule has 20 heavy (non-hydrogen) atoms. The number of ether oxygens (including phenoxy) is 1. The number of unbranched alkanes of at least 4 members (excludes halogenated alkanes) is 3. The van der Waals surface area contributed by atoms with Gasteiger partial charge in [-0.25, -0.2) is 4.79 Å². The molecule has 1 rings (SSSR count). The van der Waals surface area contributed by atoms with Crippen molar-refractivity contribution in [1.29, 1.82) is 0 Å². The molecule has 0 aliphatic carbocycles. The Balaban J connectivity index is 2.17. The van der Waals surface area contributed by atoms with Gasteiger partial charge in [-0.3, -0.25) is 0 Å². The van der Waals surface area contributed by atoms with Crippen LogP contribution >= 0.6 is 0 Å². The van der Waals surface area contributed by atoms with Crippen molar-refractivity contribution < 1.29 is 19.3 Å². The van der Waals surface area contributed by atoms with Crippen molar-refractivity contribution in [2.45, 2.75) is 91.5 Å². The summed E-state index contributed by atoms with van der Waals surface area (Å²) in [4.78, 5) is 21.7. The van der Waals surface area contributed by atoms with Crippen molar-refractivity contribution in [3.63, 3.8) is 0 Å². The Morgan fingerprint density at radius 3 is 1.95 bits per heavy atom. The first-order valence-electron chi connectivity index (χ1n) is 7.64. The van der Waals surface area contributed by atoms with E-state index < -0.39 is 17.4 Å². The second-order valence-corrected chi connectivity index (χ2v) is 7.90. The van der Waals surface area contributed by atoms with Crippen LogP contribution in [0.15, 0.2) is 0 Å². The number of carbonyl (C=O) groups excluding carboxylic acids is 1. The minimum Gasteiger partial charge on any atom is -0.456 e. The van der Waals surface area contributed by atoms with E-state index in [4.69, 9.17) is 14.5 Å². The van der Waals surface area contributed by atoms with E-state index in [9.17, 15) is 4.79 Å². The van der Waals surface area contributed by atoms with Gasteiger partial charge in [0.25, 0.3) is 0 Å². The van der Waals surface area contributed by atoms with Crippen LogP contribution in [0, 0.1) is 5.41 Å². The van der Waals surface area contributed by atoms with E-state index in [2.05, 4.69) is 20.8 Å². The van der Waals surface area contributed by atoms with Crippen molar-refractivity contribution in [3.05, 3.63) is 0 Å². The molecule has 0 aromatic carbocycles. The predicted molar refractivity (Wildman–Crippen MR) is 77.9 cm³/mol. The third kappa shape index (κ3) is 6.71. The Morgan fingerprint density at radius 1 is 0.950 bits per heavy atom. The molecule has 0 aromatic rings. The summed E-state index contributed by atoms with van der Waals surface area (Å²) in [6.07, 6.45) is 6.23. The van der Waals surface area contributed by atoms with Gasteiger partial charge in [0.1, 0.15) is 5.60 Å². The molecule has 0 atom stereocenters. The molecule has 118 valence electrons. The minimum absolute atomic E-state index is 0.403. The summed E-state index contributed by atoms with van der Waals surface area (Å²) < 4.78 is 5.30. The molecule has 0 unspecified atom stereocenters. The first-order chi connectivity index (χ1) is 9.04. The van der Waals surface area contributed by atoms with Gasteiger partial charge in [0, 0.05) is 6.42 Å². The molecule has 4 nitrogen and oxygen atoms in total. The normalized spacial score (nSPS) is 17.9. The molecule has 1 fully saturated rings. The Labute approximate surface area is 123 Å². The highest BCUT2D eigenvalue weighted by molar-refractivity contribution is 5.79. The summed E-state index contributed by atoms with van der Waals surface area (Å²) in [6, 6.07) is 0. The zero-order valence-corrected chi connectivity index (χ0v) is 13.9. The monoisotopic (exact) mass is 286 g/mol. The summed E-state index contributed by atoms with van der Waals surface area (Å²) in [6.45, 7) is 12.3. The fraction of sp³-hybridized carbons (Fsp3) is 0.938. The van der Waals surface area contributed by atoms with E-state index in [1.807, 2.05) is 20.8 Å². The first-order valence-corrected chi connectivity index (χ1v) is 7.64. The molecule has 1 saturated heterocycles. The standard InChI is InChI=1S/C16H30O4/c1-14(2,3)11-9-7-8-10-12-16(19-20-16)13(17)18-15(4,5)6/h7-12H2,1-6H3. The molecule has 0 saturated carbocycles. The van der Waals surface area contributed by atoms with Crippen LogP contribution in [0.4, 0.5) is 0 Å². The van der Waals surface area contributed by atoms with E-state index in [0.717, 1.165) is 12.8 Å². The van der Waals surface area contributed by atoms with Crippen LogP contribution in [0.25, 0.3) is 0 Å². The van der Waals surface area contributed by atoms with Crippen molar-refractivity contribution in [2.24, 2.45) is 5.41 Å². The van der Waals surface area contributed by atoms with Gasteiger partial charge in [-0.2, -0.15) is 9.78 Å². The van der Waals surface area contributed by atoms with Crippen LogP contribution in [0.3, 0.4) is 0 Å². The number of carbonyl (C=O) groups is 1. The Hall–Kier alpha value is -0.610. The summed E-state index contributed by atoms with van der Waals surface area (Å²) >= 11 is 0. The van der Waals surface area contributed by atoms with Crippen molar-refractivity contribution >= 4 is 5.97 Å². The van der Waals surface area contributed by atoms with E-state index in [1.54, 1.807) is 0 Å². The van der Waals surface area contributed by atoms with Crippen LogP contribution in [0.2, 0.25) is 0 Å². The Kier molecular flexibility index (Phi) is 5.61. The number of esters is 1. The van der Waals surface area contributed by atoms with Crippen LogP contribution < -0.4 is 0 Å². The number of hydrogen-bond donors (Lipinski definition) is 0. The Morgan fingerprint density at radius 2 is 1.50 bits per heavy atom. The SMILES string of the molecule is CC(C)(C)CCCCCCC1(C(=O)OC(C)(C)C)OO1. The average molecular weight is 286 g/mol. The van der Waals surface area contributed by atoms with Gasteiger partial charge in [-0.15, -0.1) is 0 Å². The average Bonchev–Trinajstić information content (AvgIpc) is 3.00. The summed E-state index contributed by atoms with van der Waals surface area (Å²) in [5.74, 6) is -1.52. The summed E-state index contributed by atoms with van der Waals surface area (Å²) in [5, 5.41) is 0. The fourth-order valence-electron chi connectivity index (χ4n) is 2.03. The van der Waals surface area contributed by atoms with Gasteiger partial charge < -0.3 is 4.74 Å². The fourth-order valence-corrected chi connectivity index (χ4v) is 2.03. The quantitative estimate of drug-likeness (QED) is 0.302. The van der Waals surface area contributed by atoms with E-state index in [0.29, 0.717) is 11.8 Å². The molecular weight excluding hydrogens is 256 g/mol. The molecule has 0 spiro atoms. The van der Waals surface area contributed by atoms with Gasteiger partial charge in [-0.05, 0) is 39.0 Å². The molecule has 0 N–H and O–H groups in total. The van der Waals surface area contributed by atoms with Gasteiger partial charge in [-0.1, -0.05) is 40.0 Å². The van der Waals surface area contributed by atoms with Crippen LogP contribution in [-0.4, -0.2) is 17.4 Å². The van der Waals surface area contributed by atoms with Crippen LogP contribution in [0.5, 0.6) is 0 Å². The van der Waals surface area contributed by atoms with Gasteiger partial charge in [0.2, 0.25) is 0 Å². The van der Waals surface area contributed by atoms with Crippen molar-refractivity contribution in [1.82, 2.24) is 0 Å². The Bertz CT molecular complexity index is 318. The van der Waals surface area contributed by atoms with Gasteiger partial charge >= 0.3 is 11.8 Å².